The van der Waals surface area contributed by atoms with Crippen LogP contribution in [0.15, 0.2) is 60.7 Å². The molecule has 1 N–H and O–H groups in total. The van der Waals surface area contributed by atoms with Gasteiger partial charge in [-0.2, -0.15) is 0 Å². The molecule has 1 heterocycles. The van der Waals surface area contributed by atoms with Gasteiger partial charge in [-0.15, -0.1) is 0 Å². The maximum Gasteiger partial charge on any atom is 0.328 e. The number of aromatic nitrogens is 1. The second-order valence-electron chi connectivity index (χ2n) is 4.22. The van der Waals surface area contributed by atoms with Gasteiger partial charge in [-0.1, -0.05) is 36.4 Å². The van der Waals surface area contributed by atoms with Crippen LogP contribution in [0.1, 0.15) is 21.7 Å². The van der Waals surface area contributed by atoms with Gasteiger partial charge >= 0.3 is 5.97 Å². The molecule has 0 saturated heterocycles. The maximum absolute atomic E-state index is 11.9. The molecular weight excluding hydrogens is 266 g/mol. The van der Waals surface area contributed by atoms with Gasteiger partial charge in [-0.25, -0.2) is 9.78 Å². The first-order valence-corrected chi connectivity index (χ1v) is 6.31. The van der Waals surface area contributed by atoms with E-state index in [4.69, 9.17) is 5.11 Å². The Morgan fingerprint density at radius 3 is 2.10 bits per heavy atom. The lowest BCUT2D eigenvalue weighted by Gasteiger charge is -1.97. The number of carboxylic acids is 1. The summed E-state index contributed by atoms with van der Waals surface area (Å²) in [6.07, 6.45) is 5.47. The van der Waals surface area contributed by atoms with Crippen LogP contribution in [0.4, 0.5) is 0 Å². The van der Waals surface area contributed by atoms with E-state index in [1.54, 1.807) is 48.5 Å². The number of rotatable bonds is 5. The molecule has 0 fully saturated rings. The molecule has 4 heteroatoms. The average Bonchev–Trinajstić information content (AvgIpc) is 2.52. The number of allylic oxidation sites excluding steroid dienone is 1. The molecule has 1 aromatic carbocycles. The SMILES string of the molecule is O=C(O)/C=C/c1cccc(/C=C/C(=O)c2ccccc2)n1. The first kappa shape index (κ1) is 14.4. The smallest absolute Gasteiger partial charge is 0.328 e. The van der Waals surface area contributed by atoms with Crippen molar-refractivity contribution >= 4 is 23.9 Å². The molecule has 21 heavy (non-hydrogen) atoms. The van der Waals surface area contributed by atoms with E-state index >= 15 is 0 Å². The third-order valence-electron chi connectivity index (χ3n) is 2.65. The van der Waals surface area contributed by atoms with Crippen molar-refractivity contribution in [2.24, 2.45) is 0 Å². The lowest BCUT2D eigenvalue weighted by atomic mass is 10.1. The number of carbonyl (C=O) groups excluding carboxylic acids is 1. The van der Waals surface area contributed by atoms with Gasteiger partial charge in [0.15, 0.2) is 5.78 Å². The van der Waals surface area contributed by atoms with Crippen molar-refractivity contribution in [3.63, 3.8) is 0 Å². The molecule has 0 spiro atoms. The quantitative estimate of drug-likeness (QED) is 0.674. The monoisotopic (exact) mass is 279 g/mol. The van der Waals surface area contributed by atoms with E-state index in [0.29, 0.717) is 17.0 Å². The number of pyridine rings is 1. The molecule has 0 atom stereocenters. The second kappa shape index (κ2) is 6.96. The first-order valence-electron chi connectivity index (χ1n) is 6.31. The van der Waals surface area contributed by atoms with E-state index in [0.717, 1.165) is 6.08 Å². The third kappa shape index (κ3) is 4.54. The van der Waals surface area contributed by atoms with Crippen LogP contribution in [0, 0.1) is 0 Å². The summed E-state index contributed by atoms with van der Waals surface area (Å²) < 4.78 is 0. The van der Waals surface area contributed by atoms with Gasteiger partial charge in [-0.3, -0.25) is 4.79 Å². The van der Waals surface area contributed by atoms with Crippen LogP contribution in [-0.4, -0.2) is 21.8 Å². The van der Waals surface area contributed by atoms with Gasteiger partial charge in [0.25, 0.3) is 0 Å². The van der Waals surface area contributed by atoms with Crippen LogP contribution in [0.3, 0.4) is 0 Å². The van der Waals surface area contributed by atoms with Gasteiger partial charge in [-0.05, 0) is 30.4 Å². The molecule has 0 aliphatic carbocycles. The van der Waals surface area contributed by atoms with Crippen LogP contribution in [-0.2, 0) is 4.79 Å². The van der Waals surface area contributed by atoms with Crippen molar-refractivity contribution in [2.45, 2.75) is 0 Å². The van der Waals surface area contributed by atoms with E-state index < -0.39 is 5.97 Å². The van der Waals surface area contributed by atoms with Crippen molar-refractivity contribution in [3.05, 3.63) is 77.6 Å². The normalized spacial score (nSPS) is 11.0. The second-order valence-corrected chi connectivity index (χ2v) is 4.22. The van der Waals surface area contributed by atoms with Gasteiger partial charge in [0.2, 0.25) is 0 Å². The molecule has 4 nitrogen and oxygen atoms in total. The summed E-state index contributed by atoms with van der Waals surface area (Å²) in [6.45, 7) is 0. The molecule has 1 aromatic heterocycles. The van der Waals surface area contributed by atoms with Crippen molar-refractivity contribution in [1.82, 2.24) is 4.98 Å². The van der Waals surface area contributed by atoms with Crippen molar-refractivity contribution < 1.29 is 14.7 Å². The summed E-state index contributed by atoms with van der Waals surface area (Å²) in [6, 6.07) is 14.1. The Hall–Kier alpha value is -3.01. The summed E-state index contributed by atoms with van der Waals surface area (Å²) >= 11 is 0. The summed E-state index contributed by atoms with van der Waals surface area (Å²) in [7, 11) is 0. The molecule has 2 aromatic rings. The number of carboxylic acid groups (broad SMARTS) is 1. The lowest BCUT2D eigenvalue weighted by molar-refractivity contribution is -0.131. The Morgan fingerprint density at radius 2 is 1.48 bits per heavy atom. The molecule has 0 saturated carbocycles. The van der Waals surface area contributed by atoms with Crippen molar-refractivity contribution in [1.29, 1.82) is 0 Å². The molecular formula is C17H13NO3. The van der Waals surface area contributed by atoms with E-state index in [2.05, 4.69) is 4.98 Å². The number of hydrogen-bond donors (Lipinski definition) is 1. The van der Waals surface area contributed by atoms with Crippen molar-refractivity contribution in [2.75, 3.05) is 0 Å². The highest BCUT2D eigenvalue weighted by Gasteiger charge is 2.00. The zero-order chi connectivity index (χ0) is 15.1. The highest BCUT2D eigenvalue weighted by atomic mass is 16.4. The van der Waals surface area contributed by atoms with Crippen molar-refractivity contribution in [3.8, 4) is 0 Å². The minimum Gasteiger partial charge on any atom is -0.478 e. The summed E-state index contributed by atoms with van der Waals surface area (Å²) in [4.78, 5) is 26.6. The number of hydrogen-bond acceptors (Lipinski definition) is 3. The molecule has 104 valence electrons. The number of carbonyl (C=O) groups is 2. The fraction of sp³-hybridized carbons (Fsp3) is 0. The highest BCUT2D eigenvalue weighted by Crippen LogP contribution is 2.06. The van der Waals surface area contributed by atoms with E-state index in [1.807, 2.05) is 6.07 Å². The Labute approximate surface area is 122 Å². The topological polar surface area (TPSA) is 67.3 Å². The largest absolute Gasteiger partial charge is 0.478 e. The van der Waals surface area contributed by atoms with Crippen LogP contribution >= 0.6 is 0 Å². The summed E-state index contributed by atoms with van der Waals surface area (Å²) in [5, 5.41) is 8.57. The molecule has 0 bridgehead atoms. The predicted octanol–water partition coefficient (Wildman–Crippen LogP) is 3.08. The Kier molecular flexibility index (Phi) is 4.77. The fourth-order valence-electron chi connectivity index (χ4n) is 1.67. The number of nitrogens with zero attached hydrogens (tertiary/aromatic N) is 1. The van der Waals surface area contributed by atoms with Gasteiger partial charge in [0, 0.05) is 11.6 Å². The molecule has 2 rings (SSSR count). The predicted molar refractivity (Wildman–Crippen MR) is 80.7 cm³/mol. The molecule has 0 unspecified atom stereocenters. The van der Waals surface area contributed by atoms with Gasteiger partial charge in [0.1, 0.15) is 0 Å². The first-order chi connectivity index (χ1) is 10.1. The molecule has 0 amide bonds. The molecule has 0 radical (unpaired) electrons. The van der Waals surface area contributed by atoms with Crippen LogP contribution in [0.2, 0.25) is 0 Å². The Bertz CT molecular complexity index is 703. The van der Waals surface area contributed by atoms with Crippen LogP contribution in [0.5, 0.6) is 0 Å². The summed E-state index contributed by atoms with van der Waals surface area (Å²) in [5.41, 5.74) is 1.72. The maximum atomic E-state index is 11.9. The zero-order valence-corrected chi connectivity index (χ0v) is 11.1. The van der Waals surface area contributed by atoms with E-state index in [1.165, 1.54) is 12.2 Å². The number of aliphatic carboxylic acids is 1. The van der Waals surface area contributed by atoms with E-state index in [-0.39, 0.29) is 5.78 Å². The minimum atomic E-state index is -1.03. The molecule has 0 aliphatic rings. The standard InChI is InChI=1S/C17H13NO3/c19-16(13-5-2-1-3-6-13)11-9-14-7-4-8-15(18-14)10-12-17(20)21/h1-12H,(H,20,21)/b11-9+,12-10+. The summed E-state index contributed by atoms with van der Waals surface area (Å²) in [5.74, 6) is -1.14. The Morgan fingerprint density at radius 1 is 0.857 bits per heavy atom. The zero-order valence-electron chi connectivity index (χ0n) is 11.1. The van der Waals surface area contributed by atoms with Gasteiger partial charge < -0.3 is 5.11 Å². The third-order valence-corrected chi connectivity index (χ3v) is 2.65. The lowest BCUT2D eigenvalue weighted by Crippen LogP contribution is -1.93. The Balaban J connectivity index is 2.12. The highest BCUT2D eigenvalue weighted by molar-refractivity contribution is 6.06. The van der Waals surface area contributed by atoms with E-state index in [9.17, 15) is 9.59 Å². The fourth-order valence-corrected chi connectivity index (χ4v) is 1.67. The van der Waals surface area contributed by atoms with Gasteiger partial charge in [0.05, 0.1) is 11.4 Å². The molecule has 0 aliphatic heterocycles. The number of benzene rings is 1. The minimum absolute atomic E-state index is 0.108. The van der Waals surface area contributed by atoms with Crippen LogP contribution < -0.4 is 0 Å². The number of ketones is 1. The van der Waals surface area contributed by atoms with Crippen LogP contribution in [0.25, 0.3) is 12.2 Å². The average molecular weight is 279 g/mol.